The standard InChI is InChI=1S/C14H19NO4/c1-9(2)15-14(17)10(3)19-12-6-5-11(8-16)7-13(12)18-4/h5-10H,1-4H3,(H,15,17). The molecule has 1 N–H and O–H groups in total. The molecule has 5 nitrogen and oxygen atoms in total. The van der Waals surface area contributed by atoms with Crippen LogP contribution in [0, 0.1) is 0 Å². The molecule has 0 saturated heterocycles. The molecule has 1 rings (SSSR count). The SMILES string of the molecule is COc1cc(C=O)ccc1OC(C)C(=O)NC(C)C. The summed E-state index contributed by atoms with van der Waals surface area (Å²) in [4.78, 5) is 22.4. The van der Waals surface area contributed by atoms with Crippen molar-refractivity contribution in [1.29, 1.82) is 0 Å². The first kappa shape index (κ1) is 15.0. The molecule has 0 radical (unpaired) electrons. The van der Waals surface area contributed by atoms with Gasteiger partial charge >= 0.3 is 0 Å². The maximum Gasteiger partial charge on any atom is 0.260 e. The van der Waals surface area contributed by atoms with Crippen molar-refractivity contribution in [2.45, 2.75) is 32.9 Å². The molecule has 0 saturated carbocycles. The van der Waals surface area contributed by atoms with E-state index in [4.69, 9.17) is 9.47 Å². The van der Waals surface area contributed by atoms with Crippen LogP contribution in [0.4, 0.5) is 0 Å². The van der Waals surface area contributed by atoms with Crippen LogP contribution in [-0.2, 0) is 4.79 Å². The Bertz CT molecular complexity index is 457. The summed E-state index contributed by atoms with van der Waals surface area (Å²) in [6, 6.07) is 4.84. The van der Waals surface area contributed by atoms with Crippen LogP contribution in [0.2, 0.25) is 0 Å². The van der Waals surface area contributed by atoms with E-state index in [0.29, 0.717) is 17.1 Å². The minimum atomic E-state index is -0.640. The zero-order chi connectivity index (χ0) is 14.4. The third-order valence-corrected chi connectivity index (χ3v) is 2.43. The number of methoxy groups -OCH3 is 1. The number of ether oxygens (including phenoxy) is 2. The van der Waals surface area contributed by atoms with Crippen molar-refractivity contribution in [3.63, 3.8) is 0 Å². The number of benzene rings is 1. The zero-order valence-corrected chi connectivity index (χ0v) is 11.6. The maximum absolute atomic E-state index is 11.7. The molecule has 0 aromatic heterocycles. The van der Waals surface area contributed by atoms with Gasteiger partial charge in [0.15, 0.2) is 17.6 Å². The number of amides is 1. The van der Waals surface area contributed by atoms with Crippen LogP contribution in [-0.4, -0.2) is 31.4 Å². The normalized spacial score (nSPS) is 11.8. The first-order chi connectivity index (χ1) is 8.97. The number of rotatable bonds is 6. The Kier molecular flexibility index (Phi) is 5.36. The molecule has 1 unspecified atom stereocenters. The Hall–Kier alpha value is -2.04. The smallest absolute Gasteiger partial charge is 0.260 e. The highest BCUT2D eigenvalue weighted by Gasteiger charge is 2.17. The molecule has 1 atom stereocenters. The summed E-state index contributed by atoms with van der Waals surface area (Å²) in [5.41, 5.74) is 0.489. The number of hydrogen-bond donors (Lipinski definition) is 1. The molecule has 1 aromatic rings. The van der Waals surface area contributed by atoms with E-state index in [9.17, 15) is 9.59 Å². The van der Waals surface area contributed by atoms with Crippen molar-refractivity contribution in [3.8, 4) is 11.5 Å². The number of aldehydes is 1. The number of carbonyl (C=O) groups is 2. The van der Waals surface area contributed by atoms with Gasteiger partial charge in [-0.2, -0.15) is 0 Å². The monoisotopic (exact) mass is 265 g/mol. The van der Waals surface area contributed by atoms with Gasteiger partial charge in [0, 0.05) is 11.6 Å². The van der Waals surface area contributed by atoms with E-state index in [0.717, 1.165) is 6.29 Å². The molecular formula is C14H19NO4. The fourth-order valence-electron chi connectivity index (χ4n) is 1.50. The lowest BCUT2D eigenvalue weighted by Crippen LogP contribution is -2.40. The number of nitrogens with one attached hydrogen (secondary N) is 1. The van der Waals surface area contributed by atoms with Crippen LogP contribution < -0.4 is 14.8 Å². The van der Waals surface area contributed by atoms with Gasteiger partial charge in [-0.05, 0) is 39.0 Å². The van der Waals surface area contributed by atoms with E-state index in [-0.39, 0.29) is 11.9 Å². The van der Waals surface area contributed by atoms with Crippen LogP contribution in [0.1, 0.15) is 31.1 Å². The quantitative estimate of drug-likeness (QED) is 0.797. The van der Waals surface area contributed by atoms with Crippen molar-refractivity contribution in [2.75, 3.05) is 7.11 Å². The second-order valence-electron chi connectivity index (χ2n) is 4.45. The second-order valence-corrected chi connectivity index (χ2v) is 4.45. The van der Waals surface area contributed by atoms with E-state index >= 15 is 0 Å². The van der Waals surface area contributed by atoms with E-state index in [1.165, 1.54) is 7.11 Å². The highest BCUT2D eigenvalue weighted by Crippen LogP contribution is 2.28. The van der Waals surface area contributed by atoms with Crippen LogP contribution in [0.25, 0.3) is 0 Å². The Labute approximate surface area is 112 Å². The minimum Gasteiger partial charge on any atom is -0.493 e. The van der Waals surface area contributed by atoms with Crippen molar-refractivity contribution in [2.24, 2.45) is 0 Å². The van der Waals surface area contributed by atoms with Gasteiger partial charge in [-0.1, -0.05) is 0 Å². The predicted octanol–water partition coefficient (Wildman–Crippen LogP) is 1.80. The van der Waals surface area contributed by atoms with E-state index < -0.39 is 6.10 Å². The summed E-state index contributed by atoms with van der Waals surface area (Å²) >= 11 is 0. The molecular weight excluding hydrogens is 246 g/mol. The summed E-state index contributed by atoms with van der Waals surface area (Å²) in [6.07, 6.45) is 0.0830. The first-order valence-corrected chi connectivity index (χ1v) is 6.08. The molecule has 0 bridgehead atoms. The van der Waals surface area contributed by atoms with Gasteiger partial charge in [-0.15, -0.1) is 0 Å². The van der Waals surface area contributed by atoms with Gasteiger partial charge in [-0.3, -0.25) is 9.59 Å². The molecule has 104 valence electrons. The Morgan fingerprint density at radius 3 is 2.47 bits per heavy atom. The fourth-order valence-corrected chi connectivity index (χ4v) is 1.50. The summed E-state index contributed by atoms with van der Waals surface area (Å²) in [7, 11) is 1.48. The highest BCUT2D eigenvalue weighted by molar-refractivity contribution is 5.81. The summed E-state index contributed by atoms with van der Waals surface area (Å²) in [5, 5.41) is 2.76. The van der Waals surface area contributed by atoms with Crippen LogP contribution in [0.3, 0.4) is 0 Å². The van der Waals surface area contributed by atoms with Gasteiger partial charge < -0.3 is 14.8 Å². The van der Waals surface area contributed by atoms with Crippen molar-refractivity contribution >= 4 is 12.2 Å². The van der Waals surface area contributed by atoms with Crippen molar-refractivity contribution in [1.82, 2.24) is 5.32 Å². The van der Waals surface area contributed by atoms with E-state index in [2.05, 4.69) is 5.32 Å². The average Bonchev–Trinajstić information content (AvgIpc) is 2.38. The highest BCUT2D eigenvalue weighted by atomic mass is 16.5. The van der Waals surface area contributed by atoms with Crippen LogP contribution >= 0.6 is 0 Å². The molecule has 0 fully saturated rings. The van der Waals surface area contributed by atoms with Gasteiger partial charge in [-0.25, -0.2) is 0 Å². The fraction of sp³-hybridized carbons (Fsp3) is 0.429. The molecule has 0 aliphatic carbocycles. The van der Waals surface area contributed by atoms with Crippen molar-refractivity contribution < 1.29 is 19.1 Å². The van der Waals surface area contributed by atoms with Gasteiger partial charge in [0.05, 0.1) is 7.11 Å². The molecule has 1 amide bonds. The van der Waals surface area contributed by atoms with Crippen LogP contribution in [0.15, 0.2) is 18.2 Å². The van der Waals surface area contributed by atoms with Crippen LogP contribution in [0.5, 0.6) is 11.5 Å². The number of carbonyl (C=O) groups excluding carboxylic acids is 2. The van der Waals surface area contributed by atoms with Gasteiger partial charge in [0.1, 0.15) is 6.29 Å². The lowest BCUT2D eigenvalue weighted by Gasteiger charge is -2.18. The lowest BCUT2D eigenvalue weighted by atomic mass is 10.2. The lowest BCUT2D eigenvalue weighted by molar-refractivity contribution is -0.127. The molecule has 19 heavy (non-hydrogen) atoms. The first-order valence-electron chi connectivity index (χ1n) is 6.08. The maximum atomic E-state index is 11.7. The van der Waals surface area contributed by atoms with Crippen molar-refractivity contribution in [3.05, 3.63) is 23.8 Å². The molecule has 0 aliphatic heterocycles. The largest absolute Gasteiger partial charge is 0.493 e. The molecule has 1 aromatic carbocycles. The average molecular weight is 265 g/mol. The minimum absolute atomic E-state index is 0.0536. The second kappa shape index (κ2) is 6.78. The van der Waals surface area contributed by atoms with E-state index in [1.807, 2.05) is 13.8 Å². The summed E-state index contributed by atoms with van der Waals surface area (Å²) in [6.45, 7) is 5.42. The molecule has 0 heterocycles. The Balaban J connectivity index is 2.81. The predicted molar refractivity (Wildman–Crippen MR) is 71.8 cm³/mol. The summed E-state index contributed by atoms with van der Waals surface area (Å²) in [5.74, 6) is 0.657. The summed E-state index contributed by atoms with van der Waals surface area (Å²) < 4.78 is 10.7. The van der Waals surface area contributed by atoms with Gasteiger partial charge in [0.25, 0.3) is 5.91 Å². The Morgan fingerprint density at radius 1 is 1.26 bits per heavy atom. The van der Waals surface area contributed by atoms with E-state index in [1.54, 1.807) is 25.1 Å². The third kappa shape index (κ3) is 4.28. The third-order valence-electron chi connectivity index (χ3n) is 2.43. The molecule has 0 spiro atoms. The topological polar surface area (TPSA) is 64.6 Å². The molecule has 0 aliphatic rings. The number of hydrogen-bond acceptors (Lipinski definition) is 4. The van der Waals surface area contributed by atoms with Gasteiger partial charge in [0.2, 0.25) is 0 Å². The zero-order valence-electron chi connectivity index (χ0n) is 11.6. The molecule has 5 heteroatoms. The Morgan fingerprint density at radius 2 is 1.95 bits per heavy atom.